The molecule has 1 aliphatic rings. The molecule has 10 heteroatoms. The third-order valence-electron chi connectivity index (χ3n) is 10.3. The molecule has 6 atom stereocenters. The number of ether oxygens (including phenoxy) is 4. The molecule has 1 rings (SSSR count). The summed E-state index contributed by atoms with van der Waals surface area (Å²) in [5, 5.41) is 40.0. The molecule has 0 bridgehead atoms. The summed E-state index contributed by atoms with van der Waals surface area (Å²) < 4.78 is 22.1. The maximum Gasteiger partial charge on any atom is 0.306 e. The van der Waals surface area contributed by atoms with Crippen LogP contribution >= 0.6 is 0 Å². The van der Waals surface area contributed by atoms with Gasteiger partial charge in [-0.1, -0.05) is 197 Å². The van der Waals surface area contributed by atoms with Crippen LogP contribution < -0.4 is 0 Å². The summed E-state index contributed by atoms with van der Waals surface area (Å²) in [5.41, 5.74) is 0. The molecule has 334 valence electrons. The van der Waals surface area contributed by atoms with Crippen LogP contribution in [0.15, 0.2) is 60.8 Å². The number of carbonyl (C=O) groups is 2. The Kier molecular flexibility index (Phi) is 35.5. The summed E-state index contributed by atoms with van der Waals surface area (Å²) >= 11 is 0. The van der Waals surface area contributed by atoms with Gasteiger partial charge in [-0.25, -0.2) is 0 Å². The lowest BCUT2D eigenvalue weighted by molar-refractivity contribution is -0.305. The second-order valence-corrected chi connectivity index (χ2v) is 15.6. The Hall–Kier alpha value is -2.60. The van der Waals surface area contributed by atoms with Crippen molar-refractivity contribution in [3.63, 3.8) is 0 Å². The van der Waals surface area contributed by atoms with Crippen LogP contribution in [-0.4, -0.2) is 89.0 Å². The maximum atomic E-state index is 12.7. The number of carbonyl (C=O) groups excluding carboxylic acids is 2. The van der Waals surface area contributed by atoms with Gasteiger partial charge in [-0.3, -0.25) is 9.59 Å². The lowest BCUT2D eigenvalue weighted by Gasteiger charge is -2.39. The summed E-state index contributed by atoms with van der Waals surface area (Å²) in [6.07, 6.45) is 39.6. The summed E-state index contributed by atoms with van der Waals surface area (Å²) in [6.45, 7) is 3.21. The minimum Gasteiger partial charge on any atom is -0.462 e. The molecule has 0 spiro atoms. The molecule has 1 saturated heterocycles. The number of unbranched alkanes of at least 4 members (excludes halogenated alkanes) is 20. The van der Waals surface area contributed by atoms with Crippen LogP contribution in [0.25, 0.3) is 0 Å². The van der Waals surface area contributed by atoms with Crippen molar-refractivity contribution < 1.29 is 49.0 Å². The molecule has 10 nitrogen and oxygen atoms in total. The molecular formula is C48H82O10. The van der Waals surface area contributed by atoms with Crippen LogP contribution in [0.2, 0.25) is 0 Å². The number of hydrogen-bond donors (Lipinski definition) is 4. The number of rotatable bonds is 37. The zero-order chi connectivity index (χ0) is 42.3. The molecule has 1 fully saturated rings. The molecule has 0 saturated carbocycles. The Morgan fingerprint density at radius 1 is 0.552 bits per heavy atom. The van der Waals surface area contributed by atoms with Crippen molar-refractivity contribution in [3.05, 3.63) is 60.8 Å². The topological polar surface area (TPSA) is 152 Å². The van der Waals surface area contributed by atoms with E-state index in [2.05, 4.69) is 19.9 Å². The molecule has 0 radical (unpaired) electrons. The third kappa shape index (κ3) is 29.6. The second kappa shape index (κ2) is 38.6. The van der Waals surface area contributed by atoms with Gasteiger partial charge in [-0.2, -0.15) is 0 Å². The van der Waals surface area contributed by atoms with E-state index in [1.54, 1.807) is 0 Å². The fraction of sp³-hybridized carbons (Fsp3) is 0.750. The quantitative estimate of drug-likeness (QED) is 0.0271. The minimum atomic E-state index is -1.61. The van der Waals surface area contributed by atoms with Crippen LogP contribution in [0.1, 0.15) is 174 Å². The van der Waals surface area contributed by atoms with E-state index < -0.39 is 55.4 Å². The van der Waals surface area contributed by atoms with E-state index in [0.29, 0.717) is 12.8 Å². The number of aliphatic hydroxyl groups is 4. The van der Waals surface area contributed by atoms with E-state index in [1.165, 1.54) is 109 Å². The minimum absolute atomic E-state index is 0.133. The van der Waals surface area contributed by atoms with Crippen molar-refractivity contribution in [1.82, 2.24) is 0 Å². The molecule has 0 aliphatic carbocycles. The molecule has 4 N–H and O–H groups in total. The highest BCUT2D eigenvalue weighted by molar-refractivity contribution is 5.70. The lowest BCUT2D eigenvalue weighted by Crippen LogP contribution is -2.59. The number of hydrogen-bond acceptors (Lipinski definition) is 10. The van der Waals surface area contributed by atoms with E-state index in [1.807, 2.05) is 54.7 Å². The van der Waals surface area contributed by atoms with Crippen molar-refractivity contribution in [3.8, 4) is 0 Å². The van der Waals surface area contributed by atoms with Gasteiger partial charge < -0.3 is 39.4 Å². The number of aliphatic hydroxyl groups excluding tert-OH is 4. The van der Waals surface area contributed by atoms with Gasteiger partial charge in [0.05, 0.1) is 13.2 Å². The Balaban J connectivity index is 2.32. The molecule has 0 amide bonds. The number of allylic oxidation sites excluding steroid dienone is 10. The Morgan fingerprint density at radius 3 is 1.52 bits per heavy atom. The molecule has 3 unspecified atom stereocenters. The zero-order valence-electron chi connectivity index (χ0n) is 36.3. The fourth-order valence-corrected chi connectivity index (χ4v) is 6.69. The van der Waals surface area contributed by atoms with Gasteiger partial charge in [0.25, 0.3) is 0 Å². The lowest BCUT2D eigenvalue weighted by atomic mass is 9.99. The van der Waals surface area contributed by atoms with Crippen molar-refractivity contribution in [1.29, 1.82) is 0 Å². The SMILES string of the molecule is CC/C=C/C=C/C=C/C=C/C=C/CCCC(=O)OC(COC(=O)CCCCCCCCCCCCCCCCCCCCCC)CO[C@H]1O[C@@H](CO)[C@@H](O)C(O)C1O. The van der Waals surface area contributed by atoms with E-state index in [9.17, 15) is 30.0 Å². The highest BCUT2D eigenvalue weighted by Crippen LogP contribution is 2.23. The average Bonchev–Trinajstić information content (AvgIpc) is 3.22. The Morgan fingerprint density at radius 2 is 1.02 bits per heavy atom. The van der Waals surface area contributed by atoms with Gasteiger partial charge in [0.2, 0.25) is 0 Å². The first-order valence-corrected chi connectivity index (χ1v) is 22.9. The summed E-state index contributed by atoms with van der Waals surface area (Å²) in [7, 11) is 0. The van der Waals surface area contributed by atoms with Crippen LogP contribution in [-0.2, 0) is 28.5 Å². The second-order valence-electron chi connectivity index (χ2n) is 15.6. The smallest absolute Gasteiger partial charge is 0.306 e. The van der Waals surface area contributed by atoms with Gasteiger partial charge in [0.1, 0.15) is 31.0 Å². The van der Waals surface area contributed by atoms with Crippen molar-refractivity contribution in [2.24, 2.45) is 0 Å². The highest BCUT2D eigenvalue weighted by Gasteiger charge is 2.44. The summed E-state index contributed by atoms with van der Waals surface area (Å²) in [5.74, 6) is -0.892. The normalized spacial score (nSPS) is 20.7. The Bertz CT molecular complexity index is 1130. The van der Waals surface area contributed by atoms with E-state index in [0.717, 1.165) is 25.7 Å². The van der Waals surface area contributed by atoms with Gasteiger partial charge in [0, 0.05) is 12.8 Å². The van der Waals surface area contributed by atoms with Crippen LogP contribution in [0.4, 0.5) is 0 Å². The molecule has 58 heavy (non-hydrogen) atoms. The first-order valence-electron chi connectivity index (χ1n) is 22.9. The first kappa shape index (κ1) is 53.4. The van der Waals surface area contributed by atoms with Crippen molar-refractivity contribution >= 4 is 11.9 Å². The predicted molar refractivity (Wildman–Crippen MR) is 233 cm³/mol. The molecule has 0 aromatic rings. The van der Waals surface area contributed by atoms with E-state index in [-0.39, 0.29) is 26.1 Å². The van der Waals surface area contributed by atoms with Gasteiger partial charge in [-0.05, 0) is 25.7 Å². The maximum absolute atomic E-state index is 12.7. The molecule has 0 aromatic heterocycles. The van der Waals surface area contributed by atoms with Gasteiger partial charge in [0.15, 0.2) is 12.4 Å². The van der Waals surface area contributed by atoms with Gasteiger partial charge >= 0.3 is 11.9 Å². The van der Waals surface area contributed by atoms with Crippen molar-refractivity contribution in [2.45, 2.75) is 211 Å². The zero-order valence-corrected chi connectivity index (χ0v) is 36.3. The largest absolute Gasteiger partial charge is 0.462 e. The fourth-order valence-electron chi connectivity index (χ4n) is 6.69. The monoisotopic (exact) mass is 819 g/mol. The average molecular weight is 819 g/mol. The van der Waals surface area contributed by atoms with E-state index in [4.69, 9.17) is 18.9 Å². The van der Waals surface area contributed by atoms with Crippen molar-refractivity contribution in [2.75, 3.05) is 19.8 Å². The Labute approximate surface area is 351 Å². The predicted octanol–water partition coefficient (Wildman–Crippen LogP) is 9.83. The molecule has 0 aromatic carbocycles. The number of esters is 2. The first-order chi connectivity index (χ1) is 28.3. The van der Waals surface area contributed by atoms with Crippen LogP contribution in [0.5, 0.6) is 0 Å². The van der Waals surface area contributed by atoms with Crippen LogP contribution in [0.3, 0.4) is 0 Å². The molecule has 1 aliphatic heterocycles. The highest BCUT2D eigenvalue weighted by atomic mass is 16.7. The van der Waals surface area contributed by atoms with Gasteiger partial charge in [-0.15, -0.1) is 0 Å². The van der Waals surface area contributed by atoms with Crippen LogP contribution in [0, 0.1) is 0 Å². The van der Waals surface area contributed by atoms with E-state index >= 15 is 0 Å². The standard InChI is InChI=1S/C48H82O10/c1-3-5-7-9-11-13-15-17-18-19-20-21-22-23-25-26-28-30-32-34-36-43(50)55-39-41(40-56-48-47(54)46(53)45(52)42(38-49)58-48)57-44(51)37-35-33-31-29-27-24-16-14-12-10-8-6-4-2/h6,8,10,12,14,16,24,27,29,31,41-42,45-49,52-54H,3-5,7,9,11,13,15,17-23,25-26,28,30,32-40H2,1-2H3/b8-6+,12-10+,16-14+,27-24+,31-29+/t41?,42-,45+,46?,47?,48-/m0/s1. The molecular weight excluding hydrogens is 737 g/mol. The third-order valence-corrected chi connectivity index (χ3v) is 10.3. The molecule has 1 heterocycles. The summed E-state index contributed by atoms with van der Waals surface area (Å²) in [4.78, 5) is 25.3. The summed E-state index contributed by atoms with van der Waals surface area (Å²) in [6, 6.07) is 0.